The second-order valence-electron chi connectivity index (χ2n) is 13.9. The second-order valence-corrected chi connectivity index (χ2v) is 13.9. The van der Waals surface area contributed by atoms with Crippen LogP contribution in [0.15, 0.2) is 60.2 Å². The van der Waals surface area contributed by atoms with Crippen molar-refractivity contribution in [1.82, 2.24) is 0 Å². The molecule has 1 aliphatic heterocycles. The SMILES string of the molecule is Cc1cccc(Cc2ccc(F)c([C@@H]3O[C@@H]4C[C@H]5[C@@H]6CCC7=CC(=O)C=C[C@]7(C)[C@H]6[C@@H](O)C[C@]5(C)[C@]4(C(=O)CO)O3)c2F)c1. The number of allylic oxidation sites excluding steroid dienone is 4. The van der Waals surface area contributed by atoms with E-state index in [9.17, 15) is 19.8 Å². The van der Waals surface area contributed by atoms with Crippen LogP contribution in [0.4, 0.5) is 8.78 Å². The molecule has 0 unspecified atom stereocenters. The molecule has 2 aromatic rings. The maximum Gasteiger partial charge on any atom is 0.193 e. The summed E-state index contributed by atoms with van der Waals surface area (Å²) in [6.07, 6.45) is 4.18. The summed E-state index contributed by atoms with van der Waals surface area (Å²) in [7, 11) is 0. The third-order valence-corrected chi connectivity index (χ3v) is 11.7. The third kappa shape index (κ3) is 4.03. The number of benzene rings is 2. The molecular formula is C36H38F2O6. The maximum atomic E-state index is 16.1. The van der Waals surface area contributed by atoms with Crippen molar-refractivity contribution in [2.45, 2.75) is 77.0 Å². The fourth-order valence-electron chi connectivity index (χ4n) is 9.82. The average Bonchev–Trinajstić information content (AvgIpc) is 3.47. The van der Waals surface area contributed by atoms with E-state index < -0.39 is 59.0 Å². The molecular weight excluding hydrogens is 566 g/mol. The molecule has 0 bridgehead atoms. The smallest absolute Gasteiger partial charge is 0.193 e. The Labute approximate surface area is 255 Å². The summed E-state index contributed by atoms with van der Waals surface area (Å²) in [6.45, 7) is 5.08. The van der Waals surface area contributed by atoms with Gasteiger partial charge in [0.05, 0.1) is 17.8 Å². The van der Waals surface area contributed by atoms with Crippen molar-refractivity contribution in [3.8, 4) is 0 Å². The molecule has 0 radical (unpaired) electrons. The van der Waals surface area contributed by atoms with E-state index >= 15 is 8.78 Å². The number of Topliss-reactive ketones (excluding diaryl/α,β-unsaturated/α-hetero) is 1. The lowest BCUT2D eigenvalue weighted by Gasteiger charge is -2.59. The van der Waals surface area contributed by atoms with Crippen LogP contribution in [-0.4, -0.2) is 46.2 Å². The Kier molecular flexibility index (Phi) is 6.90. The van der Waals surface area contributed by atoms with Gasteiger partial charge in [0.25, 0.3) is 0 Å². The molecule has 4 aliphatic carbocycles. The molecule has 44 heavy (non-hydrogen) atoms. The Balaban J connectivity index is 1.25. The Morgan fingerprint density at radius 2 is 1.95 bits per heavy atom. The molecule has 1 saturated heterocycles. The lowest BCUT2D eigenvalue weighted by atomic mass is 9.46. The highest BCUT2D eigenvalue weighted by Gasteiger charge is 2.76. The molecule has 232 valence electrons. The van der Waals surface area contributed by atoms with Crippen LogP contribution in [0.25, 0.3) is 0 Å². The number of aliphatic hydroxyl groups excluding tert-OH is 2. The van der Waals surface area contributed by atoms with E-state index in [1.165, 1.54) is 12.1 Å². The number of carbonyl (C=O) groups excluding carboxylic acids is 2. The van der Waals surface area contributed by atoms with Crippen molar-refractivity contribution in [2.75, 3.05) is 6.61 Å². The first-order valence-electron chi connectivity index (χ1n) is 15.5. The van der Waals surface area contributed by atoms with Gasteiger partial charge in [0, 0.05) is 23.2 Å². The summed E-state index contributed by atoms with van der Waals surface area (Å²) in [5.74, 6) is -2.61. The van der Waals surface area contributed by atoms with Crippen LogP contribution in [-0.2, 0) is 25.5 Å². The van der Waals surface area contributed by atoms with E-state index in [0.29, 0.717) is 19.3 Å². The Hall–Kier alpha value is -3.04. The molecule has 0 spiro atoms. The van der Waals surface area contributed by atoms with Crippen LogP contribution in [0.1, 0.15) is 68.1 Å². The predicted molar refractivity (Wildman–Crippen MR) is 157 cm³/mol. The van der Waals surface area contributed by atoms with E-state index in [-0.39, 0.29) is 47.5 Å². The van der Waals surface area contributed by atoms with Gasteiger partial charge in [0.2, 0.25) is 0 Å². The molecule has 2 N–H and O–H groups in total. The van der Waals surface area contributed by atoms with Crippen molar-refractivity contribution in [3.63, 3.8) is 0 Å². The van der Waals surface area contributed by atoms with Crippen molar-refractivity contribution in [2.24, 2.45) is 28.6 Å². The fraction of sp³-hybridized carbons (Fsp3) is 0.500. The number of hydrogen-bond donors (Lipinski definition) is 2. The van der Waals surface area contributed by atoms with Gasteiger partial charge in [-0.15, -0.1) is 0 Å². The molecule has 0 aromatic heterocycles. The molecule has 8 heteroatoms. The summed E-state index contributed by atoms with van der Waals surface area (Å²) in [5.41, 5.74) is -0.366. The number of hydrogen-bond acceptors (Lipinski definition) is 6. The van der Waals surface area contributed by atoms with Crippen LogP contribution in [0, 0.1) is 47.1 Å². The molecule has 4 fully saturated rings. The van der Waals surface area contributed by atoms with Crippen molar-refractivity contribution >= 4 is 11.6 Å². The van der Waals surface area contributed by atoms with Crippen LogP contribution in [0.5, 0.6) is 0 Å². The number of aryl methyl sites for hydroxylation is 1. The Morgan fingerprint density at radius 3 is 2.70 bits per heavy atom. The number of halogens is 2. The molecule has 0 amide bonds. The number of rotatable bonds is 5. The first kappa shape index (κ1) is 29.7. The topological polar surface area (TPSA) is 93.1 Å². The summed E-state index contributed by atoms with van der Waals surface area (Å²) in [6, 6.07) is 10.3. The highest BCUT2D eigenvalue weighted by atomic mass is 19.1. The predicted octanol–water partition coefficient (Wildman–Crippen LogP) is 5.47. The third-order valence-electron chi connectivity index (χ3n) is 11.7. The Morgan fingerprint density at radius 1 is 1.16 bits per heavy atom. The normalized spacial score (nSPS) is 38.9. The van der Waals surface area contributed by atoms with Gasteiger partial charge in [-0.3, -0.25) is 9.59 Å². The average molecular weight is 605 g/mol. The molecule has 1 heterocycles. The first-order valence-corrected chi connectivity index (χ1v) is 15.5. The van der Waals surface area contributed by atoms with Crippen LogP contribution < -0.4 is 0 Å². The maximum absolute atomic E-state index is 16.1. The van der Waals surface area contributed by atoms with E-state index in [1.807, 2.05) is 44.2 Å². The van der Waals surface area contributed by atoms with Crippen LogP contribution in [0.3, 0.4) is 0 Å². The van der Waals surface area contributed by atoms with Gasteiger partial charge in [-0.2, -0.15) is 0 Å². The van der Waals surface area contributed by atoms with Gasteiger partial charge >= 0.3 is 0 Å². The van der Waals surface area contributed by atoms with E-state index in [4.69, 9.17) is 9.47 Å². The minimum absolute atomic E-state index is 0.0190. The highest BCUT2D eigenvalue weighted by molar-refractivity contribution is 6.01. The van der Waals surface area contributed by atoms with Gasteiger partial charge in [-0.05, 0) is 73.8 Å². The minimum Gasteiger partial charge on any atom is -0.393 e. The number of aliphatic hydroxyl groups is 2. The van der Waals surface area contributed by atoms with Crippen molar-refractivity contribution in [3.05, 3.63) is 94.1 Å². The molecule has 6 nitrogen and oxygen atoms in total. The summed E-state index contributed by atoms with van der Waals surface area (Å²) in [5, 5.41) is 22.0. The summed E-state index contributed by atoms with van der Waals surface area (Å²) in [4.78, 5) is 25.9. The van der Waals surface area contributed by atoms with Gasteiger partial charge in [0.15, 0.2) is 23.5 Å². The fourth-order valence-corrected chi connectivity index (χ4v) is 9.82. The standard InChI is InChI=1S/C36H38F2O6/c1-19-5-4-6-20(13-19)14-21-7-10-26(37)30(32(21)38)33-43-29-16-25-24-9-8-22-15-23(40)11-12-34(22,2)31(24)27(41)17-35(25,3)36(29,44-33)28(42)18-39/h4-7,10-13,15,24-25,27,29,31,33,39,41H,8-9,14,16-18H2,1-3H3/t24-,25-,27-,29+,31+,33+,34-,35-,36+/m0/s1. The Bertz CT molecular complexity index is 1620. The molecule has 7 rings (SSSR count). The molecule has 9 atom stereocenters. The van der Waals surface area contributed by atoms with E-state index in [0.717, 1.165) is 16.7 Å². The molecule has 3 saturated carbocycles. The minimum atomic E-state index is -1.69. The zero-order valence-electron chi connectivity index (χ0n) is 25.2. The van der Waals surface area contributed by atoms with Crippen LogP contribution in [0.2, 0.25) is 0 Å². The van der Waals surface area contributed by atoms with E-state index in [1.54, 1.807) is 12.2 Å². The van der Waals surface area contributed by atoms with Gasteiger partial charge in [-0.25, -0.2) is 8.78 Å². The number of ether oxygens (including phenoxy) is 2. The van der Waals surface area contributed by atoms with Gasteiger partial charge in [0.1, 0.15) is 18.2 Å². The zero-order chi connectivity index (χ0) is 31.2. The lowest BCUT2D eigenvalue weighted by molar-refractivity contribution is -0.201. The first-order chi connectivity index (χ1) is 20.9. The monoisotopic (exact) mass is 604 g/mol. The second kappa shape index (κ2) is 10.2. The summed E-state index contributed by atoms with van der Waals surface area (Å²) < 4.78 is 44.3. The molecule has 5 aliphatic rings. The van der Waals surface area contributed by atoms with Crippen molar-refractivity contribution < 1.29 is 38.1 Å². The highest BCUT2D eigenvalue weighted by Crippen LogP contribution is 2.70. The van der Waals surface area contributed by atoms with Gasteiger partial charge in [-0.1, -0.05) is 61.4 Å². The number of fused-ring (bicyclic) bond motifs is 7. The quantitative estimate of drug-likeness (QED) is 0.471. The summed E-state index contributed by atoms with van der Waals surface area (Å²) >= 11 is 0. The number of ketones is 2. The largest absolute Gasteiger partial charge is 0.393 e. The van der Waals surface area contributed by atoms with Gasteiger partial charge < -0.3 is 19.7 Å². The van der Waals surface area contributed by atoms with Crippen molar-refractivity contribution in [1.29, 1.82) is 0 Å². The zero-order valence-corrected chi connectivity index (χ0v) is 25.2. The van der Waals surface area contributed by atoms with Crippen LogP contribution >= 0.6 is 0 Å². The van der Waals surface area contributed by atoms with E-state index in [2.05, 4.69) is 6.92 Å². The lowest BCUT2D eigenvalue weighted by Crippen LogP contribution is -2.63. The molecule has 2 aromatic carbocycles. The number of carbonyl (C=O) groups is 2.